The third-order valence-electron chi connectivity index (χ3n) is 5.35. The van der Waals surface area contributed by atoms with Crippen molar-refractivity contribution in [2.24, 2.45) is 0 Å². The number of nitrogens with zero attached hydrogens (tertiary/aromatic N) is 2. The molecule has 1 unspecified atom stereocenters. The van der Waals surface area contributed by atoms with Crippen molar-refractivity contribution in [1.29, 1.82) is 0 Å². The first kappa shape index (κ1) is 20.8. The summed E-state index contributed by atoms with van der Waals surface area (Å²) in [5.74, 6) is -0.975. The number of imidazole rings is 1. The van der Waals surface area contributed by atoms with Crippen LogP contribution < -0.4 is 5.32 Å². The van der Waals surface area contributed by atoms with Crippen LogP contribution in [0.2, 0.25) is 0 Å². The van der Waals surface area contributed by atoms with Gasteiger partial charge in [0.15, 0.2) is 11.2 Å². The van der Waals surface area contributed by atoms with Crippen LogP contribution in [0.5, 0.6) is 0 Å². The molecule has 2 N–H and O–H groups in total. The normalized spacial score (nSPS) is 12.0. The van der Waals surface area contributed by atoms with E-state index in [0.717, 1.165) is 33.1 Å². The summed E-state index contributed by atoms with van der Waals surface area (Å²) in [6, 6.07) is 19.3. The Morgan fingerprint density at radius 2 is 1.94 bits per heavy atom. The van der Waals surface area contributed by atoms with Gasteiger partial charge in [-0.15, -0.1) is 11.3 Å². The highest BCUT2D eigenvalue weighted by molar-refractivity contribution is 7.14. The molecule has 5 rings (SSSR count). The minimum Gasteiger partial charge on any atom is -0.449 e. The van der Waals surface area contributed by atoms with Gasteiger partial charge in [0, 0.05) is 10.9 Å². The fourth-order valence-corrected chi connectivity index (χ4v) is 4.30. The van der Waals surface area contributed by atoms with Crippen molar-refractivity contribution < 1.29 is 14.3 Å². The number of hydrogen-bond donors (Lipinski definition) is 2. The number of rotatable bonds is 6. The third kappa shape index (κ3) is 4.33. The zero-order valence-corrected chi connectivity index (χ0v) is 18.6. The number of benzene rings is 3. The van der Waals surface area contributed by atoms with Gasteiger partial charge in [0.05, 0.1) is 28.6 Å². The largest absolute Gasteiger partial charge is 0.449 e. The zero-order chi connectivity index (χ0) is 22.8. The molecule has 0 fully saturated rings. The lowest BCUT2D eigenvalue weighted by molar-refractivity contribution is -0.124. The molecule has 33 heavy (non-hydrogen) atoms. The van der Waals surface area contributed by atoms with Gasteiger partial charge in [-0.2, -0.15) is 0 Å². The lowest BCUT2D eigenvalue weighted by Crippen LogP contribution is -2.32. The minimum atomic E-state index is -0.928. The Labute approximate surface area is 193 Å². The van der Waals surface area contributed by atoms with Gasteiger partial charge in [0.25, 0.3) is 5.91 Å². The van der Waals surface area contributed by atoms with E-state index in [1.54, 1.807) is 31.5 Å². The van der Waals surface area contributed by atoms with Gasteiger partial charge in [0.2, 0.25) is 0 Å². The number of H-pyrrole nitrogens is 1. The molecule has 1 amide bonds. The van der Waals surface area contributed by atoms with Crippen LogP contribution in [0.15, 0.2) is 72.4 Å². The standard InChI is InChI=1S/C25H20N4O3S/c1-2-22(32-24(31)18-9-10-19-20(12-18)27-14-26-19)23(30)29-25-28-21(13-33-25)17-8-7-15-5-3-4-6-16(15)11-17/h3-14,22H,2H2,1H3,(H,26,27)(H,28,29,30). The summed E-state index contributed by atoms with van der Waals surface area (Å²) in [4.78, 5) is 37.0. The van der Waals surface area contributed by atoms with E-state index in [4.69, 9.17) is 4.74 Å². The number of aromatic nitrogens is 3. The number of aromatic amines is 1. The van der Waals surface area contributed by atoms with Crippen LogP contribution in [0, 0.1) is 0 Å². The van der Waals surface area contributed by atoms with Gasteiger partial charge in [-0.1, -0.05) is 43.3 Å². The summed E-state index contributed by atoms with van der Waals surface area (Å²) in [5, 5.41) is 7.41. The van der Waals surface area contributed by atoms with Crippen molar-refractivity contribution >= 4 is 50.2 Å². The number of amides is 1. The van der Waals surface area contributed by atoms with Crippen LogP contribution in [0.1, 0.15) is 23.7 Å². The van der Waals surface area contributed by atoms with Gasteiger partial charge in [-0.05, 0) is 41.5 Å². The highest BCUT2D eigenvalue weighted by atomic mass is 32.1. The molecule has 3 aromatic carbocycles. The smallest absolute Gasteiger partial charge is 0.338 e. The van der Waals surface area contributed by atoms with Crippen molar-refractivity contribution in [1.82, 2.24) is 15.0 Å². The molecule has 1 atom stereocenters. The van der Waals surface area contributed by atoms with Crippen LogP contribution in [0.3, 0.4) is 0 Å². The molecule has 0 aliphatic carbocycles. The molecule has 164 valence electrons. The third-order valence-corrected chi connectivity index (χ3v) is 6.11. The first-order valence-corrected chi connectivity index (χ1v) is 11.4. The van der Waals surface area contributed by atoms with Gasteiger partial charge >= 0.3 is 5.97 Å². The molecule has 5 aromatic rings. The highest BCUT2D eigenvalue weighted by Crippen LogP contribution is 2.28. The van der Waals surface area contributed by atoms with Crippen molar-refractivity contribution in [2.75, 3.05) is 5.32 Å². The van der Waals surface area contributed by atoms with Gasteiger partial charge in [-0.3, -0.25) is 10.1 Å². The van der Waals surface area contributed by atoms with Crippen molar-refractivity contribution in [3.63, 3.8) is 0 Å². The quantitative estimate of drug-likeness (QED) is 0.333. The van der Waals surface area contributed by atoms with Crippen LogP contribution in [-0.2, 0) is 9.53 Å². The number of esters is 1. The molecule has 0 aliphatic heterocycles. The first-order valence-electron chi connectivity index (χ1n) is 10.5. The Hall–Kier alpha value is -4.04. The van der Waals surface area contributed by atoms with E-state index >= 15 is 0 Å². The molecule has 2 heterocycles. The molecule has 0 radical (unpaired) electrons. The second kappa shape index (κ2) is 8.84. The molecule has 8 heteroatoms. The summed E-state index contributed by atoms with van der Waals surface area (Å²) >= 11 is 1.33. The second-order valence-corrected chi connectivity index (χ2v) is 8.38. The molecule has 0 saturated carbocycles. The van der Waals surface area contributed by atoms with Crippen molar-refractivity contribution in [2.45, 2.75) is 19.4 Å². The predicted octanol–water partition coefficient (Wildman–Crippen LogP) is 5.41. The average Bonchev–Trinajstić information content (AvgIpc) is 3.51. The monoisotopic (exact) mass is 456 g/mol. The number of thiazole rings is 1. The van der Waals surface area contributed by atoms with E-state index in [9.17, 15) is 9.59 Å². The molecular formula is C25H20N4O3S. The maximum Gasteiger partial charge on any atom is 0.338 e. The maximum atomic E-state index is 12.8. The van der Waals surface area contributed by atoms with Crippen molar-refractivity contribution in [3.8, 4) is 11.3 Å². The number of carbonyl (C=O) groups excluding carboxylic acids is 2. The fraction of sp³-hybridized carbons (Fsp3) is 0.120. The van der Waals surface area contributed by atoms with Crippen LogP contribution in [0.4, 0.5) is 5.13 Å². The summed E-state index contributed by atoms with van der Waals surface area (Å²) in [7, 11) is 0. The fourth-order valence-electron chi connectivity index (χ4n) is 3.58. The van der Waals surface area contributed by atoms with Gasteiger partial charge in [-0.25, -0.2) is 14.8 Å². The zero-order valence-electron chi connectivity index (χ0n) is 17.7. The van der Waals surface area contributed by atoms with E-state index in [2.05, 4.69) is 44.5 Å². The Morgan fingerprint density at radius 1 is 1.09 bits per heavy atom. The first-order chi connectivity index (χ1) is 16.1. The number of nitrogens with one attached hydrogen (secondary N) is 2. The molecular weight excluding hydrogens is 436 g/mol. The summed E-state index contributed by atoms with van der Waals surface area (Å²) in [5.41, 5.74) is 3.58. The number of carbonyl (C=O) groups is 2. The second-order valence-electron chi connectivity index (χ2n) is 7.53. The Balaban J connectivity index is 1.27. The molecule has 2 aromatic heterocycles. The lowest BCUT2D eigenvalue weighted by Gasteiger charge is -2.15. The molecule has 7 nitrogen and oxygen atoms in total. The Kier molecular flexibility index (Phi) is 5.58. The average molecular weight is 457 g/mol. The van der Waals surface area contributed by atoms with Crippen molar-refractivity contribution in [3.05, 3.63) is 77.9 Å². The van der Waals surface area contributed by atoms with E-state index in [1.165, 1.54) is 11.3 Å². The highest BCUT2D eigenvalue weighted by Gasteiger charge is 2.23. The lowest BCUT2D eigenvalue weighted by atomic mass is 10.1. The van der Waals surface area contributed by atoms with Crippen LogP contribution >= 0.6 is 11.3 Å². The number of fused-ring (bicyclic) bond motifs is 2. The van der Waals surface area contributed by atoms with Crippen LogP contribution in [-0.4, -0.2) is 32.9 Å². The van der Waals surface area contributed by atoms with E-state index in [0.29, 0.717) is 17.1 Å². The number of ether oxygens (including phenoxy) is 1. The minimum absolute atomic E-state index is 0.340. The van der Waals surface area contributed by atoms with Gasteiger partial charge in [0.1, 0.15) is 0 Å². The van der Waals surface area contributed by atoms with E-state index in [-0.39, 0.29) is 0 Å². The molecule has 0 aliphatic rings. The predicted molar refractivity (Wildman–Crippen MR) is 129 cm³/mol. The van der Waals surface area contributed by atoms with E-state index < -0.39 is 18.0 Å². The topological polar surface area (TPSA) is 97.0 Å². The molecule has 0 spiro atoms. The number of anilines is 1. The summed E-state index contributed by atoms with van der Waals surface area (Å²) in [6.45, 7) is 1.79. The van der Waals surface area contributed by atoms with Crippen LogP contribution in [0.25, 0.3) is 33.1 Å². The summed E-state index contributed by atoms with van der Waals surface area (Å²) in [6.07, 6.45) is 0.970. The summed E-state index contributed by atoms with van der Waals surface area (Å²) < 4.78 is 5.48. The SMILES string of the molecule is CCC(OC(=O)c1ccc2nc[nH]c2c1)C(=O)Nc1nc(-c2ccc3ccccc3c2)cs1. The molecule has 0 saturated heterocycles. The van der Waals surface area contributed by atoms with Gasteiger partial charge < -0.3 is 9.72 Å². The molecule has 0 bridgehead atoms. The Bertz CT molecular complexity index is 1470. The Morgan fingerprint density at radius 3 is 2.79 bits per heavy atom. The maximum absolute atomic E-state index is 12.8. The van der Waals surface area contributed by atoms with E-state index in [1.807, 2.05) is 23.6 Å². The number of hydrogen-bond acceptors (Lipinski definition) is 6.